The normalized spacial score (nSPS) is 22.4. The van der Waals surface area contributed by atoms with Gasteiger partial charge < -0.3 is 25.6 Å². The molecule has 2 aromatic heterocycles. The Hall–Kier alpha value is -3.77. The molecule has 1 unspecified atom stereocenters. The maximum atomic E-state index is 13.5. The SMILES string of the molecule is COCC(c1ccnc(NC(=O)[C@@H](NC(=O)c2ncsc2C#N)C2CCC(C)CC2)c1)N1C[C@@H](C(F)(F)F)NC1=O. The van der Waals surface area contributed by atoms with E-state index < -0.39 is 48.7 Å². The number of rotatable bonds is 9. The number of aromatic nitrogens is 2. The van der Waals surface area contributed by atoms with Crippen LogP contribution in [0.15, 0.2) is 23.8 Å². The van der Waals surface area contributed by atoms with E-state index in [9.17, 15) is 32.8 Å². The number of pyridine rings is 1. The van der Waals surface area contributed by atoms with Crippen LogP contribution in [0.4, 0.5) is 23.8 Å². The van der Waals surface area contributed by atoms with Crippen LogP contribution in [0.1, 0.15) is 59.6 Å². The smallest absolute Gasteiger partial charge is 0.382 e. The van der Waals surface area contributed by atoms with Crippen molar-refractivity contribution in [3.8, 4) is 6.07 Å². The van der Waals surface area contributed by atoms with Crippen LogP contribution in [-0.4, -0.2) is 71.2 Å². The largest absolute Gasteiger partial charge is 0.410 e. The number of ether oxygens (including phenoxy) is 1. The van der Waals surface area contributed by atoms with Crippen LogP contribution in [0.3, 0.4) is 0 Å². The van der Waals surface area contributed by atoms with Gasteiger partial charge in [-0.1, -0.05) is 19.8 Å². The number of thiazole rings is 1. The molecular weight excluding hydrogens is 563 g/mol. The van der Waals surface area contributed by atoms with Crippen molar-refractivity contribution in [1.82, 2.24) is 25.5 Å². The van der Waals surface area contributed by atoms with Crippen LogP contribution < -0.4 is 16.0 Å². The van der Waals surface area contributed by atoms with Gasteiger partial charge in [-0.25, -0.2) is 14.8 Å². The van der Waals surface area contributed by atoms with Crippen LogP contribution in [-0.2, 0) is 9.53 Å². The molecule has 4 rings (SSSR count). The van der Waals surface area contributed by atoms with Crippen molar-refractivity contribution >= 4 is 35.0 Å². The summed E-state index contributed by atoms with van der Waals surface area (Å²) >= 11 is 1.02. The summed E-state index contributed by atoms with van der Waals surface area (Å²) in [6, 6.07) is 0.197. The predicted octanol–water partition coefficient (Wildman–Crippen LogP) is 3.62. The van der Waals surface area contributed by atoms with Crippen molar-refractivity contribution in [2.75, 3.05) is 25.6 Å². The molecule has 4 amide bonds. The van der Waals surface area contributed by atoms with Crippen molar-refractivity contribution in [3.63, 3.8) is 0 Å². The molecule has 1 aliphatic carbocycles. The molecule has 0 bridgehead atoms. The minimum absolute atomic E-state index is 0.0527. The first kappa shape index (κ1) is 30.2. The first-order valence-electron chi connectivity index (χ1n) is 13.1. The van der Waals surface area contributed by atoms with Crippen LogP contribution in [0.25, 0.3) is 0 Å². The molecule has 220 valence electrons. The number of carbonyl (C=O) groups excluding carboxylic acids is 3. The van der Waals surface area contributed by atoms with Gasteiger partial charge in [0.15, 0.2) is 5.69 Å². The molecule has 11 nitrogen and oxygen atoms in total. The van der Waals surface area contributed by atoms with E-state index in [1.54, 1.807) is 0 Å². The third kappa shape index (κ3) is 7.12. The van der Waals surface area contributed by atoms with E-state index >= 15 is 0 Å². The standard InChI is InChI=1S/C26H30F3N7O4S/c1-14-3-5-15(6-4-14)21(35-24(38)22-18(10-30)41-13-32-22)23(37)34-20-9-16(7-8-31-20)17(12-40-2)36-11-19(26(27,28)29)33-25(36)39/h7-9,13-15,17,19,21H,3-6,11-12H2,1-2H3,(H,33,39)(H,35,38)(H,31,34,37)/t14?,15?,17?,19-,21-/m0/s1. The van der Waals surface area contributed by atoms with E-state index in [2.05, 4.69) is 27.5 Å². The Morgan fingerprint density at radius 2 is 2.02 bits per heavy atom. The van der Waals surface area contributed by atoms with E-state index in [0.29, 0.717) is 24.3 Å². The van der Waals surface area contributed by atoms with Crippen molar-refractivity contribution in [1.29, 1.82) is 5.26 Å². The molecule has 3 N–H and O–H groups in total. The van der Waals surface area contributed by atoms with Gasteiger partial charge in [-0.2, -0.15) is 18.4 Å². The fourth-order valence-electron chi connectivity index (χ4n) is 5.18. The summed E-state index contributed by atoms with van der Waals surface area (Å²) in [5.41, 5.74) is 1.74. The Bertz CT molecular complexity index is 1310. The molecule has 2 fully saturated rings. The van der Waals surface area contributed by atoms with Crippen molar-refractivity contribution < 1.29 is 32.3 Å². The lowest BCUT2D eigenvalue weighted by atomic mass is 9.79. The minimum atomic E-state index is -4.61. The van der Waals surface area contributed by atoms with Crippen LogP contribution in [0.5, 0.6) is 0 Å². The first-order chi connectivity index (χ1) is 19.5. The van der Waals surface area contributed by atoms with E-state index in [0.717, 1.165) is 29.1 Å². The molecule has 2 aromatic rings. The number of urea groups is 1. The van der Waals surface area contributed by atoms with E-state index in [1.165, 1.54) is 30.9 Å². The van der Waals surface area contributed by atoms with Gasteiger partial charge in [0.2, 0.25) is 5.91 Å². The number of halogens is 3. The lowest BCUT2D eigenvalue weighted by Gasteiger charge is -2.32. The molecule has 3 heterocycles. The van der Waals surface area contributed by atoms with Crippen molar-refractivity contribution in [3.05, 3.63) is 40.0 Å². The van der Waals surface area contributed by atoms with E-state index in [1.807, 2.05) is 11.4 Å². The number of carbonyl (C=O) groups is 3. The van der Waals surface area contributed by atoms with Gasteiger partial charge in [-0.3, -0.25) is 9.59 Å². The second-order valence-corrected chi connectivity index (χ2v) is 11.1. The summed E-state index contributed by atoms with van der Waals surface area (Å²) < 4.78 is 45.0. The fourth-order valence-corrected chi connectivity index (χ4v) is 5.75. The van der Waals surface area contributed by atoms with Gasteiger partial charge in [0.1, 0.15) is 28.8 Å². The quantitative estimate of drug-likeness (QED) is 0.402. The average molecular weight is 594 g/mol. The van der Waals surface area contributed by atoms with Crippen LogP contribution in [0.2, 0.25) is 0 Å². The number of hydrogen-bond acceptors (Lipinski definition) is 8. The Labute approximate surface area is 238 Å². The van der Waals surface area contributed by atoms with Gasteiger partial charge in [0, 0.05) is 13.3 Å². The molecular formula is C26H30F3N7O4S. The fraction of sp³-hybridized carbons (Fsp3) is 0.538. The zero-order valence-corrected chi connectivity index (χ0v) is 23.2. The summed E-state index contributed by atoms with van der Waals surface area (Å²) in [5, 5.41) is 16.7. The molecule has 41 heavy (non-hydrogen) atoms. The minimum Gasteiger partial charge on any atom is -0.382 e. The molecule has 1 saturated heterocycles. The van der Waals surface area contributed by atoms with E-state index in [-0.39, 0.29) is 28.9 Å². The number of anilines is 1. The van der Waals surface area contributed by atoms with Gasteiger partial charge in [0.05, 0.1) is 24.7 Å². The van der Waals surface area contributed by atoms with Crippen LogP contribution in [0, 0.1) is 23.2 Å². The Balaban J connectivity index is 1.54. The van der Waals surface area contributed by atoms with Crippen molar-refractivity contribution in [2.45, 2.75) is 56.9 Å². The lowest BCUT2D eigenvalue weighted by Crippen LogP contribution is -2.49. The third-order valence-corrected chi connectivity index (χ3v) is 8.17. The number of methoxy groups -OCH3 is 1. The van der Waals surface area contributed by atoms with Gasteiger partial charge in [-0.15, -0.1) is 11.3 Å². The molecule has 0 spiro atoms. The molecule has 0 aromatic carbocycles. The molecule has 1 aliphatic heterocycles. The summed E-state index contributed by atoms with van der Waals surface area (Å²) in [4.78, 5) is 48.3. The third-order valence-electron chi connectivity index (χ3n) is 7.44. The Morgan fingerprint density at radius 1 is 1.29 bits per heavy atom. The number of hydrogen-bond donors (Lipinski definition) is 3. The highest BCUT2D eigenvalue weighted by atomic mass is 32.1. The van der Waals surface area contributed by atoms with Crippen molar-refractivity contribution in [2.24, 2.45) is 11.8 Å². The Kier molecular flexibility index (Phi) is 9.44. The monoisotopic (exact) mass is 593 g/mol. The Morgan fingerprint density at radius 3 is 2.66 bits per heavy atom. The zero-order valence-electron chi connectivity index (χ0n) is 22.4. The van der Waals surface area contributed by atoms with Crippen LogP contribution >= 0.6 is 11.3 Å². The number of nitrogens with one attached hydrogen (secondary N) is 3. The highest BCUT2D eigenvalue weighted by Gasteiger charge is 2.48. The number of amides is 4. The number of nitrogens with zero attached hydrogens (tertiary/aromatic N) is 4. The number of alkyl halides is 3. The molecule has 0 radical (unpaired) electrons. The number of nitriles is 1. The molecule has 15 heteroatoms. The summed E-state index contributed by atoms with van der Waals surface area (Å²) in [5.74, 6) is -0.754. The summed E-state index contributed by atoms with van der Waals surface area (Å²) in [6.45, 7) is 1.43. The maximum absolute atomic E-state index is 13.5. The first-order valence-corrected chi connectivity index (χ1v) is 13.9. The van der Waals surface area contributed by atoms with Gasteiger partial charge >= 0.3 is 12.2 Å². The summed E-state index contributed by atoms with van der Waals surface area (Å²) in [7, 11) is 1.37. The molecule has 2 aliphatic rings. The average Bonchev–Trinajstić information content (AvgIpc) is 3.57. The van der Waals surface area contributed by atoms with E-state index in [4.69, 9.17) is 4.74 Å². The zero-order chi connectivity index (χ0) is 29.7. The molecule has 3 atom stereocenters. The second kappa shape index (κ2) is 12.8. The highest BCUT2D eigenvalue weighted by Crippen LogP contribution is 2.33. The topological polar surface area (TPSA) is 149 Å². The summed E-state index contributed by atoms with van der Waals surface area (Å²) in [6.07, 6.45) is -0.0675. The van der Waals surface area contributed by atoms with Gasteiger partial charge in [0.25, 0.3) is 5.91 Å². The molecule has 1 saturated carbocycles. The highest BCUT2D eigenvalue weighted by molar-refractivity contribution is 7.10. The predicted molar refractivity (Wildman–Crippen MR) is 142 cm³/mol. The lowest BCUT2D eigenvalue weighted by molar-refractivity contribution is -0.150. The second-order valence-electron chi connectivity index (χ2n) is 10.2. The maximum Gasteiger partial charge on any atom is 0.410 e. The van der Waals surface area contributed by atoms with Gasteiger partial charge in [-0.05, 0) is 42.4 Å².